The second-order valence-electron chi connectivity index (χ2n) is 6.81. The van der Waals surface area contributed by atoms with E-state index in [2.05, 4.69) is 26.5 Å². The molecule has 4 rings (SSSR count). The van der Waals surface area contributed by atoms with Crippen LogP contribution >= 0.6 is 0 Å². The summed E-state index contributed by atoms with van der Waals surface area (Å²) in [6.45, 7) is 2.67. The minimum Gasteiger partial charge on any atom is -0.333 e. The Bertz CT molecular complexity index is 1130. The summed E-state index contributed by atoms with van der Waals surface area (Å²) in [4.78, 5) is 7.69. The maximum Gasteiger partial charge on any atom is 0.266 e. The van der Waals surface area contributed by atoms with Gasteiger partial charge in [0.15, 0.2) is 0 Å². The number of benzene rings is 1. The molecule has 0 aliphatic carbocycles. The normalized spacial score (nSPS) is 11.3. The fourth-order valence-electron chi connectivity index (χ4n) is 3.22. The summed E-state index contributed by atoms with van der Waals surface area (Å²) in [5.74, 6) is -0.869. The standard InChI is InChI=1S/C19H19F2N7/c1-12-4-15-5-14(9-22-18(15)26(12)2)11-28(19-23-25-27(3)24-19)10-13-6-16(20)8-17(21)7-13/h4-9H,10-11H2,1-3H3. The minimum atomic E-state index is -0.620. The molecule has 9 heteroatoms. The summed E-state index contributed by atoms with van der Waals surface area (Å²) >= 11 is 0. The van der Waals surface area contributed by atoms with Gasteiger partial charge in [-0.3, -0.25) is 0 Å². The van der Waals surface area contributed by atoms with Crippen molar-refractivity contribution in [3.05, 3.63) is 65.0 Å². The van der Waals surface area contributed by atoms with Gasteiger partial charge in [-0.1, -0.05) is 5.10 Å². The van der Waals surface area contributed by atoms with Crippen molar-refractivity contribution >= 4 is 17.0 Å². The van der Waals surface area contributed by atoms with Gasteiger partial charge >= 0.3 is 0 Å². The molecule has 0 aliphatic rings. The first-order valence-corrected chi connectivity index (χ1v) is 8.74. The fraction of sp³-hybridized carbons (Fsp3) is 0.263. The molecule has 1 aromatic carbocycles. The van der Waals surface area contributed by atoms with E-state index in [1.54, 1.807) is 18.1 Å². The van der Waals surface area contributed by atoms with Crippen molar-refractivity contribution in [1.29, 1.82) is 0 Å². The first-order chi connectivity index (χ1) is 13.4. The number of tetrazole rings is 1. The van der Waals surface area contributed by atoms with E-state index in [4.69, 9.17) is 0 Å². The lowest BCUT2D eigenvalue weighted by molar-refractivity contribution is 0.578. The van der Waals surface area contributed by atoms with E-state index >= 15 is 0 Å². The number of pyridine rings is 1. The summed E-state index contributed by atoms with van der Waals surface area (Å²) in [6, 6.07) is 7.57. The van der Waals surface area contributed by atoms with Crippen molar-refractivity contribution in [3.8, 4) is 0 Å². The van der Waals surface area contributed by atoms with E-state index in [9.17, 15) is 8.78 Å². The molecule has 0 fully saturated rings. The van der Waals surface area contributed by atoms with Gasteiger partial charge in [-0.15, -0.1) is 5.10 Å². The summed E-state index contributed by atoms with van der Waals surface area (Å²) in [7, 11) is 3.63. The van der Waals surface area contributed by atoms with Gasteiger partial charge in [0, 0.05) is 43.5 Å². The number of aromatic nitrogens is 6. The van der Waals surface area contributed by atoms with Gasteiger partial charge in [0.25, 0.3) is 5.95 Å². The molecule has 0 aliphatic heterocycles. The van der Waals surface area contributed by atoms with Crippen LogP contribution in [0.25, 0.3) is 11.0 Å². The van der Waals surface area contributed by atoms with Gasteiger partial charge in [0.1, 0.15) is 17.3 Å². The third kappa shape index (κ3) is 3.55. The molecule has 4 aromatic rings. The number of fused-ring (bicyclic) bond motifs is 1. The first-order valence-electron chi connectivity index (χ1n) is 8.74. The molecule has 0 atom stereocenters. The van der Waals surface area contributed by atoms with Crippen LogP contribution in [0.15, 0.2) is 36.5 Å². The highest BCUT2D eigenvalue weighted by Gasteiger charge is 2.16. The van der Waals surface area contributed by atoms with E-state index in [1.165, 1.54) is 16.9 Å². The van der Waals surface area contributed by atoms with E-state index in [0.717, 1.165) is 28.4 Å². The maximum atomic E-state index is 13.6. The number of hydrogen-bond acceptors (Lipinski definition) is 5. The topological polar surface area (TPSA) is 64.7 Å². The van der Waals surface area contributed by atoms with Gasteiger partial charge in [-0.2, -0.15) is 4.80 Å². The van der Waals surface area contributed by atoms with Gasteiger partial charge in [0.05, 0.1) is 7.05 Å². The summed E-state index contributed by atoms with van der Waals surface area (Å²) in [5.41, 5.74) is 3.43. The molecule has 0 unspecified atom stereocenters. The first kappa shape index (κ1) is 18.0. The van der Waals surface area contributed by atoms with E-state index in [1.807, 2.05) is 24.6 Å². The monoisotopic (exact) mass is 383 g/mol. The molecular weight excluding hydrogens is 364 g/mol. The molecule has 0 spiro atoms. The average Bonchev–Trinajstić information content (AvgIpc) is 3.17. The highest BCUT2D eigenvalue weighted by molar-refractivity contribution is 5.78. The SMILES string of the molecule is Cc1cc2cc(CN(Cc3cc(F)cc(F)c3)c3nnn(C)n3)cnc2n1C. The van der Waals surface area contributed by atoms with Gasteiger partial charge < -0.3 is 9.47 Å². The molecule has 0 N–H and O–H groups in total. The van der Waals surface area contributed by atoms with Crippen molar-refractivity contribution in [2.24, 2.45) is 14.1 Å². The van der Waals surface area contributed by atoms with Crippen molar-refractivity contribution in [2.45, 2.75) is 20.0 Å². The van der Waals surface area contributed by atoms with Crippen LogP contribution in [0.1, 0.15) is 16.8 Å². The molecule has 3 heterocycles. The largest absolute Gasteiger partial charge is 0.333 e. The molecule has 144 valence electrons. The zero-order chi connectivity index (χ0) is 19.8. The van der Waals surface area contributed by atoms with E-state index < -0.39 is 11.6 Å². The molecule has 0 radical (unpaired) electrons. The Hall–Kier alpha value is -3.36. The van der Waals surface area contributed by atoms with Crippen molar-refractivity contribution in [3.63, 3.8) is 0 Å². The maximum absolute atomic E-state index is 13.6. The van der Waals surface area contributed by atoms with Gasteiger partial charge in [0.2, 0.25) is 0 Å². The van der Waals surface area contributed by atoms with Crippen LogP contribution < -0.4 is 4.90 Å². The lowest BCUT2D eigenvalue weighted by atomic mass is 10.1. The number of rotatable bonds is 5. The molecule has 3 aromatic heterocycles. The third-order valence-corrected chi connectivity index (χ3v) is 4.61. The van der Waals surface area contributed by atoms with Crippen LogP contribution in [0.3, 0.4) is 0 Å². The number of nitrogens with zero attached hydrogens (tertiary/aromatic N) is 7. The highest BCUT2D eigenvalue weighted by Crippen LogP contribution is 2.21. The van der Waals surface area contributed by atoms with Crippen LogP contribution in [0.5, 0.6) is 0 Å². The Morgan fingerprint density at radius 3 is 2.36 bits per heavy atom. The molecule has 0 saturated carbocycles. The predicted molar refractivity (Wildman–Crippen MR) is 100 cm³/mol. The Labute approximate surface area is 160 Å². The van der Waals surface area contributed by atoms with Crippen LogP contribution in [-0.2, 0) is 27.2 Å². The zero-order valence-corrected chi connectivity index (χ0v) is 15.8. The number of aryl methyl sites for hydroxylation is 3. The Morgan fingerprint density at radius 2 is 1.68 bits per heavy atom. The van der Waals surface area contributed by atoms with Crippen LogP contribution in [-0.4, -0.2) is 29.8 Å². The molecule has 7 nitrogen and oxygen atoms in total. The molecule has 0 bridgehead atoms. The highest BCUT2D eigenvalue weighted by atomic mass is 19.1. The second-order valence-corrected chi connectivity index (χ2v) is 6.81. The molecule has 28 heavy (non-hydrogen) atoms. The summed E-state index contributed by atoms with van der Waals surface area (Å²) in [6.07, 6.45) is 1.79. The van der Waals surface area contributed by atoms with E-state index in [0.29, 0.717) is 18.1 Å². The number of hydrogen-bond donors (Lipinski definition) is 0. The minimum absolute atomic E-state index is 0.228. The molecule has 0 saturated heterocycles. The predicted octanol–water partition coefficient (Wildman–Crippen LogP) is 2.89. The van der Waals surface area contributed by atoms with Gasteiger partial charge in [-0.25, -0.2) is 13.8 Å². The lowest BCUT2D eigenvalue weighted by Gasteiger charge is -2.21. The third-order valence-electron chi connectivity index (χ3n) is 4.61. The quantitative estimate of drug-likeness (QED) is 0.530. The molecular formula is C19H19F2N7. The zero-order valence-electron chi connectivity index (χ0n) is 15.8. The Balaban J connectivity index is 1.67. The van der Waals surface area contributed by atoms with Crippen LogP contribution in [0.4, 0.5) is 14.7 Å². The summed E-state index contributed by atoms with van der Waals surface area (Å²) in [5, 5.41) is 13.2. The van der Waals surface area contributed by atoms with E-state index in [-0.39, 0.29) is 6.54 Å². The van der Waals surface area contributed by atoms with Crippen LogP contribution in [0.2, 0.25) is 0 Å². The smallest absolute Gasteiger partial charge is 0.266 e. The fourth-order valence-corrected chi connectivity index (χ4v) is 3.22. The van der Waals surface area contributed by atoms with Crippen LogP contribution in [0, 0.1) is 18.6 Å². The summed E-state index contributed by atoms with van der Waals surface area (Å²) < 4.78 is 29.2. The number of anilines is 1. The Morgan fingerprint density at radius 1 is 0.964 bits per heavy atom. The number of halogens is 2. The second kappa shape index (κ2) is 6.99. The van der Waals surface area contributed by atoms with Gasteiger partial charge in [-0.05, 0) is 47.5 Å². The van der Waals surface area contributed by atoms with Crippen molar-refractivity contribution in [1.82, 2.24) is 29.8 Å². The van der Waals surface area contributed by atoms with Crippen molar-refractivity contribution < 1.29 is 8.78 Å². The average molecular weight is 383 g/mol. The molecule has 0 amide bonds. The van der Waals surface area contributed by atoms with Crippen molar-refractivity contribution in [2.75, 3.05) is 4.90 Å². The lowest BCUT2D eigenvalue weighted by Crippen LogP contribution is -2.24. The Kier molecular flexibility index (Phi) is 4.50.